The summed E-state index contributed by atoms with van der Waals surface area (Å²) >= 11 is 5.60. The zero-order valence-electron chi connectivity index (χ0n) is 13.2. The zero-order valence-corrected chi connectivity index (χ0v) is 14.0. The minimum absolute atomic E-state index is 0.0357. The summed E-state index contributed by atoms with van der Waals surface area (Å²) in [6.45, 7) is 1.57. The molecule has 2 N–H and O–H groups in total. The van der Waals surface area contributed by atoms with Crippen molar-refractivity contribution >= 4 is 28.9 Å². The number of amides is 1. The van der Waals surface area contributed by atoms with Gasteiger partial charge in [-0.1, -0.05) is 0 Å². The zero-order chi connectivity index (χ0) is 16.4. The highest BCUT2D eigenvalue weighted by atomic mass is 32.1. The Kier molecular flexibility index (Phi) is 4.80. The molecule has 0 spiro atoms. The molecule has 6 heteroatoms. The number of fused-ring (bicyclic) bond motifs is 2. The van der Waals surface area contributed by atoms with E-state index in [0.717, 1.165) is 31.4 Å². The van der Waals surface area contributed by atoms with Crippen molar-refractivity contribution < 1.29 is 9.18 Å². The summed E-state index contributed by atoms with van der Waals surface area (Å²) in [4.78, 5) is 13.6. The smallest absolute Gasteiger partial charge is 0.217 e. The normalized spacial score (nSPS) is 26.5. The van der Waals surface area contributed by atoms with Crippen LogP contribution in [0.25, 0.3) is 0 Å². The molecule has 4 nitrogen and oxygen atoms in total. The van der Waals surface area contributed by atoms with Gasteiger partial charge in [0.15, 0.2) is 5.11 Å². The van der Waals surface area contributed by atoms with Crippen LogP contribution < -0.4 is 10.6 Å². The molecule has 23 heavy (non-hydrogen) atoms. The van der Waals surface area contributed by atoms with E-state index in [-0.39, 0.29) is 17.8 Å². The van der Waals surface area contributed by atoms with Crippen molar-refractivity contribution in [1.82, 2.24) is 10.2 Å². The third kappa shape index (κ3) is 3.80. The van der Waals surface area contributed by atoms with Crippen LogP contribution in [0.15, 0.2) is 24.3 Å². The third-order valence-corrected chi connectivity index (χ3v) is 5.02. The number of piperidine rings is 2. The number of hydrogen-bond donors (Lipinski definition) is 2. The molecule has 2 heterocycles. The van der Waals surface area contributed by atoms with Gasteiger partial charge in [0.1, 0.15) is 5.82 Å². The van der Waals surface area contributed by atoms with Gasteiger partial charge in [-0.05, 0) is 68.6 Å². The third-order valence-electron chi connectivity index (χ3n) is 4.71. The summed E-state index contributed by atoms with van der Waals surface area (Å²) in [5.41, 5.74) is 0.804. The maximum atomic E-state index is 13.0. The molecule has 3 rings (SSSR count). The highest BCUT2D eigenvalue weighted by Gasteiger charge is 2.39. The largest absolute Gasteiger partial charge is 0.353 e. The number of carbonyl (C=O) groups excluding carboxylic acids is 1. The van der Waals surface area contributed by atoms with Gasteiger partial charge < -0.3 is 15.5 Å². The highest BCUT2D eigenvalue weighted by molar-refractivity contribution is 7.80. The fraction of sp³-hybridized carbons (Fsp3) is 0.529. The van der Waals surface area contributed by atoms with E-state index in [4.69, 9.17) is 12.2 Å². The number of thiocarbonyl (C=S) groups is 1. The van der Waals surface area contributed by atoms with E-state index in [1.54, 1.807) is 19.1 Å². The van der Waals surface area contributed by atoms with E-state index in [1.807, 2.05) is 0 Å². The van der Waals surface area contributed by atoms with Crippen molar-refractivity contribution in [3.05, 3.63) is 30.1 Å². The topological polar surface area (TPSA) is 44.4 Å². The number of halogens is 1. The van der Waals surface area contributed by atoms with Gasteiger partial charge in [0.25, 0.3) is 0 Å². The number of nitrogens with zero attached hydrogens (tertiary/aromatic N) is 1. The van der Waals surface area contributed by atoms with Gasteiger partial charge in [-0.25, -0.2) is 4.39 Å². The number of benzene rings is 1. The molecule has 0 saturated carbocycles. The lowest BCUT2D eigenvalue weighted by molar-refractivity contribution is -0.120. The predicted molar refractivity (Wildman–Crippen MR) is 92.7 cm³/mol. The van der Waals surface area contributed by atoms with Crippen LogP contribution in [0.3, 0.4) is 0 Å². The maximum Gasteiger partial charge on any atom is 0.217 e. The van der Waals surface area contributed by atoms with E-state index in [0.29, 0.717) is 17.2 Å². The lowest BCUT2D eigenvalue weighted by Crippen LogP contribution is -2.59. The van der Waals surface area contributed by atoms with Crippen LogP contribution in [0, 0.1) is 5.82 Å². The van der Waals surface area contributed by atoms with Crippen molar-refractivity contribution in [2.24, 2.45) is 0 Å². The van der Waals surface area contributed by atoms with Gasteiger partial charge in [0, 0.05) is 30.7 Å². The summed E-state index contributed by atoms with van der Waals surface area (Å²) in [5.74, 6) is -0.219. The second-order valence-corrected chi connectivity index (χ2v) is 6.84. The van der Waals surface area contributed by atoms with E-state index < -0.39 is 0 Å². The first-order valence-electron chi connectivity index (χ1n) is 8.15. The van der Waals surface area contributed by atoms with E-state index >= 15 is 0 Å². The molecule has 0 unspecified atom stereocenters. The van der Waals surface area contributed by atoms with Crippen LogP contribution in [0.1, 0.15) is 39.0 Å². The van der Waals surface area contributed by atoms with Gasteiger partial charge in [0.05, 0.1) is 0 Å². The predicted octanol–water partition coefficient (Wildman–Crippen LogP) is 3.04. The van der Waals surface area contributed by atoms with Crippen LogP contribution >= 0.6 is 12.2 Å². The molecule has 2 aliphatic heterocycles. The standard InChI is InChI=1S/C17H22FN3OS/c1-11(22)19-14-9-15-3-2-4-16(10-14)21(15)17(23)20-13-7-5-12(18)6-8-13/h5-8,14-16H,2-4,9-10H2,1H3,(H,19,22)(H,20,23)/t15-,16-/m0/s1. The molecule has 1 aromatic rings. The maximum absolute atomic E-state index is 13.0. The molecular formula is C17H22FN3OS. The van der Waals surface area contributed by atoms with Crippen molar-refractivity contribution in [2.75, 3.05) is 5.32 Å². The number of rotatable bonds is 2. The highest BCUT2D eigenvalue weighted by Crippen LogP contribution is 2.34. The van der Waals surface area contributed by atoms with Crippen LogP contribution in [0.5, 0.6) is 0 Å². The fourth-order valence-electron chi connectivity index (χ4n) is 3.84. The van der Waals surface area contributed by atoms with Crippen molar-refractivity contribution in [3.8, 4) is 0 Å². The van der Waals surface area contributed by atoms with Crippen molar-refractivity contribution in [3.63, 3.8) is 0 Å². The summed E-state index contributed by atoms with van der Waals surface area (Å²) in [6.07, 6.45) is 5.26. The van der Waals surface area contributed by atoms with Gasteiger partial charge >= 0.3 is 0 Å². The average molecular weight is 335 g/mol. The van der Waals surface area contributed by atoms with Crippen LogP contribution in [-0.4, -0.2) is 34.0 Å². The molecule has 2 aliphatic rings. The molecule has 0 radical (unpaired) electrons. The molecule has 2 fully saturated rings. The molecule has 124 valence electrons. The van der Waals surface area contributed by atoms with Gasteiger partial charge in [-0.15, -0.1) is 0 Å². The number of anilines is 1. The average Bonchev–Trinajstić information content (AvgIpc) is 2.48. The molecule has 2 bridgehead atoms. The molecule has 2 atom stereocenters. The lowest BCUT2D eigenvalue weighted by atomic mass is 9.82. The van der Waals surface area contributed by atoms with Crippen molar-refractivity contribution in [2.45, 2.75) is 57.2 Å². The lowest BCUT2D eigenvalue weighted by Gasteiger charge is -2.50. The van der Waals surface area contributed by atoms with Gasteiger partial charge in [-0.3, -0.25) is 4.79 Å². The Morgan fingerprint density at radius 1 is 1.22 bits per heavy atom. The van der Waals surface area contributed by atoms with Crippen LogP contribution in [0.2, 0.25) is 0 Å². The minimum atomic E-state index is -0.255. The van der Waals surface area contributed by atoms with E-state index in [1.165, 1.54) is 18.6 Å². The number of hydrogen-bond acceptors (Lipinski definition) is 2. The van der Waals surface area contributed by atoms with E-state index in [9.17, 15) is 9.18 Å². The summed E-state index contributed by atoms with van der Waals surface area (Å²) in [5, 5.41) is 6.98. The van der Waals surface area contributed by atoms with Gasteiger partial charge in [-0.2, -0.15) is 0 Å². The number of nitrogens with one attached hydrogen (secondary N) is 2. The SMILES string of the molecule is CC(=O)NC1C[C@@H]2CCC[C@@H](C1)N2C(=S)Nc1ccc(F)cc1. The second-order valence-electron chi connectivity index (χ2n) is 6.45. The first kappa shape index (κ1) is 16.2. The van der Waals surface area contributed by atoms with Gasteiger partial charge in [0.2, 0.25) is 5.91 Å². The summed E-state index contributed by atoms with van der Waals surface area (Å²) < 4.78 is 13.0. The Morgan fingerprint density at radius 2 is 1.83 bits per heavy atom. The molecule has 1 aromatic carbocycles. The molecule has 0 aliphatic carbocycles. The van der Waals surface area contributed by atoms with Crippen LogP contribution in [0.4, 0.5) is 10.1 Å². The molecule has 0 aromatic heterocycles. The summed E-state index contributed by atoms with van der Waals surface area (Å²) in [6, 6.07) is 7.21. The Hall–Kier alpha value is -1.69. The Labute approximate surface area is 141 Å². The molecule has 2 saturated heterocycles. The first-order chi connectivity index (χ1) is 11.0. The minimum Gasteiger partial charge on any atom is -0.353 e. The molecule has 1 amide bonds. The quantitative estimate of drug-likeness (QED) is 0.816. The summed E-state index contributed by atoms with van der Waals surface area (Å²) in [7, 11) is 0. The monoisotopic (exact) mass is 335 g/mol. The van der Waals surface area contributed by atoms with E-state index in [2.05, 4.69) is 15.5 Å². The Bertz CT molecular complexity index is 578. The second kappa shape index (κ2) is 6.83. The van der Waals surface area contributed by atoms with Crippen molar-refractivity contribution in [1.29, 1.82) is 0 Å². The first-order valence-corrected chi connectivity index (χ1v) is 8.56. The molecular weight excluding hydrogens is 313 g/mol. The number of carbonyl (C=O) groups is 1. The Balaban J connectivity index is 1.68. The van der Waals surface area contributed by atoms with Crippen LogP contribution in [-0.2, 0) is 4.79 Å². The Morgan fingerprint density at radius 3 is 2.39 bits per heavy atom. The fourth-order valence-corrected chi connectivity index (χ4v) is 4.26.